The van der Waals surface area contributed by atoms with Gasteiger partial charge in [0.25, 0.3) is 0 Å². The van der Waals surface area contributed by atoms with Gasteiger partial charge in [-0.3, -0.25) is 14.9 Å². The lowest BCUT2D eigenvalue weighted by Gasteiger charge is -2.36. The van der Waals surface area contributed by atoms with Gasteiger partial charge in [0.2, 0.25) is 12.5 Å². The molecule has 17 heavy (non-hydrogen) atoms. The van der Waals surface area contributed by atoms with E-state index in [0.29, 0.717) is 0 Å². The summed E-state index contributed by atoms with van der Waals surface area (Å²) in [7, 11) is 1.70. The van der Waals surface area contributed by atoms with E-state index in [0.717, 1.165) is 11.3 Å². The summed E-state index contributed by atoms with van der Waals surface area (Å²) in [6.45, 7) is 1.56. The molecule has 0 N–H and O–H groups in total. The maximum Gasteiger partial charge on any atom is 0.227 e. The summed E-state index contributed by atoms with van der Waals surface area (Å²) in [6.07, 6.45) is 0.182. The molecule has 0 bridgehead atoms. The molecule has 1 aromatic rings. The van der Waals surface area contributed by atoms with Crippen LogP contribution in [-0.2, 0) is 10.2 Å². The zero-order valence-corrected chi connectivity index (χ0v) is 9.84. The van der Waals surface area contributed by atoms with Crippen molar-refractivity contribution in [3.05, 3.63) is 39.9 Å². The summed E-state index contributed by atoms with van der Waals surface area (Å²) in [5.74, 6) is -0.0759. The predicted molar refractivity (Wildman–Crippen MR) is 63.7 cm³/mol. The van der Waals surface area contributed by atoms with Crippen LogP contribution in [0.1, 0.15) is 18.9 Å². The van der Waals surface area contributed by atoms with E-state index >= 15 is 0 Å². The Bertz CT molecular complexity index is 486. The van der Waals surface area contributed by atoms with Crippen LogP contribution in [0, 0.1) is 10.1 Å². The van der Waals surface area contributed by atoms with Crippen molar-refractivity contribution in [2.75, 3.05) is 18.5 Å². The van der Waals surface area contributed by atoms with E-state index in [2.05, 4.69) is 0 Å². The van der Waals surface area contributed by atoms with E-state index in [1.807, 2.05) is 24.3 Å². The SMILES string of the molecule is CN1C(=O)C[C@](C)(C[N+](=O)[O-])c2ccccc21. The molecular weight excluding hydrogens is 220 g/mol. The molecule has 0 fully saturated rings. The Morgan fingerprint density at radius 2 is 2.12 bits per heavy atom. The minimum Gasteiger partial charge on any atom is -0.315 e. The minimum absolute atomic E-state index is 0.0759. The fourth-order valence-corrected chi connectivity index (χ4v) is 2.38. The van der Waals surface area contributed by atoms with Crippen molar-refractivity contribution in [1.29, 1.82) is 0 Å². The normalized spacial score (nSPS) is 23.4. The molecule has 5 nitrogen and oxygen atoms in total. The van der Waals surface area contributed by atoms with Crippen LogP contribution < -0.4 is 4.90 Å². The highest BCUT2D eigenvalue weighted by molar-refractivity contribution is 5.97. The molecule has 0 aromatic heterocycles. The van der Waals surface area contributed by atoms with Crippen LogP contribution in [0.3, 0.4) is 0 Å². The fourth-order valence-electron chi connectivity index (χ4n) is 2.38. The third kappa shape index (κ3) is 1.88. The molecule has 0 aliphatic carbocycles. The lowest BCUT2D eigenvalue weighted by atomic mass is 9.75. The van der Waals surface area contributed by atoms with Gasteiger partial charge < -0.3 is 4.90 Å². The largest absolute Gasteiger partial charge is 0.315 e. The highest BCUT2D eigenvalue weighted by Crippen LogP contribution is 2.39. The summed E-state index contributed by atoms with van der Waals surface area (Å²) >= 11 is 0. The zero-order chi connectivity index (χ0) is 12.6. The molecule has 5 heteroatoms. The summed E-state index contributed by atoms with van der Waals surface area (Å²) in [4.78, 5) is 23.8. The first kappa shape index (κ1) is 11.6. The molecule has 0 spiro atoms. The fraction of sp³-hybridized carbons (Fsp3) is 0.417. The third-order valence-electron chi connectivity index (χ3n) is 3.31. The number of hydrogen-bond donors (Lipinski definition) is 0. The molecule has 1 aliphatic heterocycles. The first-order valence-electron chi connectivity index (χ1n) is 5.42. The van der Waals surface area contributed by atoms with Crippen LogP contribution in [-0.4, -0.2) is 24.4 Å². The van der Waals surface area contributed by atoms with Gasteiger partial charge in [0.1, 0.15) is 0 Å². The molecule has 1 aliphatic rings. The van der Waals surface area contributed by atoms with Crippen LogP contribution >= 0.6 is 0 Å². The maximum absolute atomic E-state index is 11.9. The molecule has 1 heterocycles. The molecular formula is C12H14N2O3. The molecule has 0 saturated carbocycles. The lowest BCUT2D eigenvalue weighted by molar-refractivity contribution is -0.490. The van der Waals surface area contributed by atoms with Crippen LogP contribution in [0.15, 0.2) is 24.3 Å². The van der Waals surface area contributed by atoms with E-state index in [1.165, 1.54) is 0 Å². The van der Waals surface area contributed by atoms with Gasteiger partial charge in [-0.25, -0.2) is 0 Å². The number of para-hydroxylation sites is 1. The third-order valence-corrected chi connectivity index (χ3v) is 3.31. The zero-order valence-electron chi connectivity index (χ0n) is 9.84. The second-order valence-electron chi connectivity index (χ2n) is 4.70. The van der Waals surface area contributed by atoms with Crippen LogP contribution in [0.5, 0.6) is 0 Å². The smallest absolute Gasteiger partial charge is 0.227 e. The van der Waals surface area contributed by atoms with Gasteiger partial charge >= 0.3 is 0 Å². The van der Waals surface area contributed by atoms with Gasteiger partial charge in [0.15, 0.2) is 0 Å². The first-order valence-corrected chi connectivity index (χ1v) is 5.42. The molecule has 1 aromatic carbocycles. The van der Waals surface area contributed by atoms with Crippen molar-refractivity contribution in [2.24, 2.45) is 0 Å². The van der Waals surface area contributed by atoms with E-state index < -0.39 is 5.41 Å². The Morgan fingerprint density at radius 1 is 1.47 bits per heavy atom. The molecule has 1 amide bonds. The topological polar surface area (TPSA) is 63.5 Å². The number of anilines is 1. The number of amides is 1. The van der Waals surface area contributed by atoms with Gasteiger partial charge in [0, 0.05) is 24.1 Å². The average molecular weight is 234 g/mol. The van der Waals surface area contributed by atoms with Gasteiger partial charge in [-0.2, -0.15) is 0 Å². The number of carbonyl (C=O) groups excluding carboxylic acids is 1. The highest BCUT2D eigenvalue weighted by atomic mass is 16.6. The number of nitro groups is 1. The summed E-state index contributed by atoms with van der Waals surface area (Å²) in [5.41, 5.74) is 0.941. The van der Waals surface area contributed by atoms with Crippen molar-refractivity contribution >= 4 is 11.6 Å². The van der Waals surface area contributed by atoms with Crippen molar-refractivity contribution in [2.45, 2.75) is 18.8 Å². The Hall–Kier alpha value is -1.91. The van der Waals surface area contributed by atoms with Crippen molar-refractivity contribution in [3.8, 4) is 0 Å². The van der Waals surface area contributed by atoms with Gasteiger partial charge in [-0.05, 0) is 18.6 Å². The monoisotopic (exact) mass is 234 g/mol. The number of benzene rings is 1. The summed E-state index contributed by atoms with van der Waals surface area (Å²) in [5, 5.41) is 10.8. The van der Waals surface area contributed by atoms with Crippen molar-refractivity contribution < 1.29 is 9.72 Å². The number of hydrogen-bond acceptors (Lipinski definition) is 3. The average Bonchev–Trinajstić information content (AvgIpc) is 2.25. The highest BCUT2D eigenvalue weighted by Gasteiger charge is 2.42. The Morgan fingerprint density at radius 3 is 2.76 bits per heavy atom. The van der Waals surface area contributed by atoms with Gasteiger partial charge in [-0.1, -0.05) is 18.2 Å². The van der Waals surface area contributed by atoms with Gasteiger partial charge in [0.05, 0.1) is 5.41 Å². The van der Waals surface area contributed by atoms with Crippen LogP contribution in [0.2, 0.25) is 0 Å². The van der Waals surface area contributed by atoms with E-state index in [9.17, 15) is 14.9 Å². The molecule has 0 radical (unpaired) electrons. The van der Waals surface area contributed by atoms with E-state index in [4.69, 9.17) is 0 Å². The van der Waals surface area contributed by atoms with Crippen molar-refractivity contribution in [3.63, 3.8) is 0 Å². The van der Waals surface area contributed by atoms with Crippen molar-refractivity contribution in [1.82, 2.24) is 0 Å². The van der Waals surface area contributed by atoms with Gasteiger partial charge in [-0.15, -0.1) is 0 Å². The standard InChI is InChI=1S/C12H14N2O3/c1-12(8-14(16)17)7-11(15)13(2)10-6-4-3-5-9(10)12/h3-6H,7-8H2,1-2H3/t12-/m1/s1. The minimum atomic E-state index is -0.705. The summed E-state index contributed by atoms with van der Waals surface area (Å²) in [6, 6.07) is 7.37. The Kier molecular flexibility index (Phi) is 2.61. The number of fused-ring (bicyclic) bond motifs is 1. The molecule has 0 saturated heterocycles. The first-order chi connectivity index (χ1) is 7.94. The number of rotatable bonds is 2. The summed E-state index contributed by atoms with van der Waals surface area (Å²) < 4.78 is 0. The molecule has 1 atom stereocenters. The second-order valence-corrected chi connectivity index (χ2v) is 4.70. The molecule has 0 unspecified atom stereocenters. The second kappa shape index (κ2) is 3.84. The number of nitrogens with zero attached hydrogens (tertiary/aromatic N) is 2. The van der Waals surface area contributed by atoms with Crippen LogP contribution in [0.4, 0.5) is 5.69 Å². The predicted octanol–water partition coefficient (Wildman–Crippen LogP) is 1.59. The molecule has 2 rings (SSSR count). The quantitative estimate of drug-likeness (QED) is 0.576. The van der Waals surface area contributed by atoms with Crippen LogP contribution in [0.25, 0.3) is 0 Å². The Labute approximate surface area is 99.2 Å². The number of carbonyl (C=O) groups is 1. The van der Waals surface area contributed by atoms with E-state index in [1.54, 1.807) is 18.9 Å². The maximum atomic E-state index is 11.9. The Balaban J connectivity index is 2.53. The lowest BCUT2D eigenvalue weighted by Crippen LogP contribution is -2.44. The molecule has 90 valence electrons. The van der Waals surface area contributed by atoms with E-state index in [-0.39, 0.29) is 23.8 Å².